The van der Waals surface area contributed by atoms with E-state index in [2.05, 4.69) is 15.5 Å². The van der Waals surface area contributed by atoms with Gasteiger partial charge in [-0.15, -0.1) is 0 Å². The molecule has 0 atom stereocenters. The van der Waals surface area contributed by atoms with E-state index in [4.69, 9.17) is 4.84 Å². The number of oxime groups is 1. The SMILES string of the molecule is Cc1c[nH]c2c(-c3c(F)cc4c(c3F)/C(=N/OC(C)(C)C(=O)O)CC(C)(C)N4)cccc12. The van der Waals surface area contributed by atoms with Crippen molar-refractivity contribution < 1.29 is 23.5 Å². The molecule has 3 N–H and O–H groups in total. The van der Waals surface area contributed by atoms with Gasteiger partial charge in [0.1, 0.15) is 11.6 Å². The predicted octanol–water partition coefficient (Wildman–Crippen LogP) is 5.60. The Kier molecular flexibility index (Phi) is 4.99. The molecule has 4 rings (SSSR count). The standard InChI is InChI=1S/C24H25F2N3O3/c1-12-11-27-21-13(12)7-6-8-14(21)18-15(25)9-16-19(20(18)26)17(10-23(2,3)28-16)29-32-24(4,5)22(30)31/h6-9,11,27-28H,10H2,1-5H3,(H,30,31)/b29-17+. The number of H-pyrrole nitrogens is 1. The molecular weight excluding hydrogens is 416 g/mol. The van der Waals surface area contributed by atoms with Crippen LogP contribution in [0.15, 0.2) is 35.6 Å². The van der Waals surface area contributed by atoms with E-state index in [1.54, 1.807) is 18.3 Å². The third-order valence-corrected chi connectivity index (χ3v) is 5.68. The average molecular weight is 441 g/mol. The highest BCUT2D eigenvalue weighted by molar-refractivity contribution is 6.09. The van der Waals surface area contributed by atoms with E-state index in [0.717, 1.165) is 10.9 Å². The van der Waals surface area contributed by atoms with Crippen LogP contribution in [0.2, 0.25) is 0 Å². The number of para-hydroxylation sites is 1. The van der Waals surface area contributed by atoms with E-state index in [-0.39, 0.29) is 28.9 Å². The van der Waals surface area contributed by atoms with Crippen LogP contribution in [0, 0.1) is 18.6 Å². The molecule has 0 spiro atoms. The lowest BCUT2D eigenvalue weighted by Crippen LogP contribution is -2.40. The second-order valence-corrected chi connectivity index (χ2v) is 9.30. The van der Waals surface area contributed by atoms with Gasteiger partial charge in [0.25, 0.3) is 0 Å². The lowest BCUT2D eigenvalue weighted by molar-refractivity contribution is -0.161. The minimum atomic E-state index is -1.60. The molecule has 0 amide bonds. The van der Waals surface area contributed by atoms with Crippen LogP contribution in [0.1, 0.15) is 45.2 Å². The Balaban J connectivity index is 1.94. The molecule has 6 nitrogen and oxygen atoms in total. The van der Waals surface area contributed by atoms with E-state index >= 15 is 8.78 Å². The molecule has 0 fully saturated rings. The van der Waals surface area contributed by atoms with Gasteiger partial charge in [0.2, 0.25) is 5.60 Å². The molecule has 0 saturated heterocycles. The maximum Gasteiger partial charge on any atom is 0.350 e. The molecule has 3 aromatic rings. The van der Waals surface area contributed by atoms with Crippen LogP contribution in [-0.2, 0) is 9.63 Å². The van der Waals surface area contributed by atoms with Crippen LogP contribution in [0.4, 0.5) is 14.5 Å². The van der Waals surface area contributed by atoms with Gasteiger partial charge in [0.05, 0.1) is 22.4 Å². The topological polar surface area (TPSA) is 86.7 Å². The zero-order valence-corrected chi connectivity index (χ0v) is 18.6. The Hall–Kier alpha value is -3.42. The van der Waals surface area contributed by atoms with Gasteiger partial charge in [0, 0.05) is 34.8 Å². The van der Waals surface area contributed by atoms with Gasteiger partial charge < -0.3 is 20.2 Å². The molecule has 32 heavy (non-hydrogen) atoms. The summed E-state index contributed by atoms with van der Waals surface area (Å²) >= 11 is 0. The van der Waals surface area contributed by atoms with Gasteiger partial charge in [-0.25, -0.2) is 13.6 Å². The molecule has 0 radical (unpaired) electrons. The van der Waals surface area contributed by atoms with Gasteiger partial charge in [-0.3, -0.25) is 0 Å². The largest absolute Gasteiger partial charge is 0.478 e. The first-order valence-electron chi connectivity index (χ1n) is 10.3. The summed E-state index contributed by atoms with van der Waals surface area (Å²) in [6.45, 7) is 8.35. The summed E-state index contributed by atoms with van der Waals surface area (Å²) in [5.41, 5.74) is 0.171. The number of hydrogen-bond donors (Lipinski definition) is 3. The average Bonchev–Trinajstić information content (AvgIpc) is 3.06. The number of carbonyl (C=O) groups is 1. The first-order valence-corrected chi connectivity index (χ1v) is 10.3. The molecule has 0 unspecified atom stereocenters. The van der Waals surface area contributed by atoms with Gasteiger partial charge in [-0.1, -0.05) is 23.4 Å². The van der Waals surface area contributed by atoms with Crippen molar-refractivity contribution in [2.45, 2.75) is 52.2 Å². The maximum atomic E-state index is 16.0. The summed E-state index contributed by atoms with van der Waals surface area (Å²) in [4.78, 5) is 19.8. The number of aryl methyl sites for hydroxylation is 1. The lowest BCUT2D eigenvalue weighted by atomic mass is 9.85. The van der Waals surface area contributed by atoms with Crippen molar-refractivity contribution in [2.24, 2.45) is 5.16 Å². The summed E-state index contributed by atoms with van der Waals surface area (Å²) in [7, 11) is 0. The summed E-state index contributed by atoms with van der Waals surface area (Å²) < 4.78 is 31.2. The number of aromatic amines is 1. The molecule has 0 bridgehead atoms. The number of benzene rings is 2. The first kappa shape index (κ1) is 21.8. The van der Waals surface area contributed by atoms with Crippen molar-refractivity contribution in [1.82, 2.24) is 4.98 Å². The number of nitrogens with zero attached hydrogens (tertiary/aromatic N) is 1. The number of fused-ring (bicyclic) bond motifs is 2. The Labute approximate surface area is 184 Å². The fraction of sp³-hybridized carbons (Fsp3) is 0.333. The minimum Gasteiger partial charge on any atom is -0.478 e. The Morgan fingerprint density at radius 2 is 1.97 bits per heavy atom. The zero-order valence-electron chi connectivity index (χ0n) is 18.6. The highest BCUT2D eigenvalue weighted by Gasteiger charge is 2.36. The monoisotopic (exact) mass is 441 g/mol. The molecule has 8 heteroatoms. The van der Waals surface area contributed by atoms with Crippen LogP contribution in [0.3, 0.4) is 0 Å². The third-order valence-electron chi connectivity index (χ3n) is 5.68. The van der Waals surface area contributed by atoms with Gasteiger partial charge in [0.15, 0.2) is 0 Å². The van der Waals surface area contributed by atoms with Crippen molar-refractivity contribution in [2.75, 3.05) is 5.32 Å². The molecule has 0 saturated carbocycles. The number of halogens is 2. The quantitative estimate of drug-likeness (QED) is 0.460. The molecule has 0 aliphatic carbocycles. The highest BCUT2D eigenvalue weighted by atomic mass is 19.1. The number of aliphatic carboxylic acids is 1. The molecule has 168 valence electrons. The number of rotatable bonds is 4. The van der Waals surface area contributed by atoms with E-state index in [1.165, 1.54) is 19.9 Å². The van der Waals surface area contributed by atoms with Crippen molar-refractivity contribution in [3.8, 4) is 11.1 Å². The Morgan fingerprint density at radius 3 is 2.66 bits per heavy atom. The molecule has 2 aromatic carbocycles. The van der Waals surface area contributed by atoms with Crippen LogP contribution >= 0.6 is 0 Å². The van der Waals surface area contributed by atoms with Gasteiger partial charge >= 0.3 is 5.97 Å². The number of aromatic nitrogens is 1. The number of carboxylic acids is 1. The van der Waals surface area contributed by atoms with Crippen molar-refractivity contribution in [3.05, 3.63) is 53.2 Å². The van der Waals surface area contributed by atoms with Crippen molar-refractivity contribution >= 4 is 28.3 Å². The molecular formula is C24H25F2N3O3. The number of anilines is 1. The van der Waals surface area contributed by atoms with E-state index in [0.29, 0.717) is 11.1 Å². The fourth-order valence-electron chi connectivity index (χ4n) is 3.95. The van der Waals surface area contributed by atoms with E-state index in [9.17, 15) is 9.90 Å². The third kappa shape index (κ3) is 3.59. The Bertz CT molecular complexity index is 1280. The summed E-state index contributed by atoms with van der Waals surface area (Å²) in [6, 6.07) is 6.55. The zero-order chi connectivity index (χ0) is 23.4. The lowest BCUT2D eigenvalue weighted by Gasteiger charge is -2.35. The van der Waals surface area contributed by atoms with Crippen molar-refractivity contribution in [3.63, 3.8) is 0 Å². The molecule has 2 heterocycles. The second kappa shape index (κ2) is 7.32. The number of hydrogen-bond acceptors (Lipinski definition) is 4. The smallest absolute Gasteiger partial charge is 0.350 e. The number of nitrogens with one attached hydrogen (secondary N) is 2. The van der Waals surface area contributed by atoms with Crippen LogP contribution in [-0.4, -0.2) is 32.9 Å². The van der Waals surface area contributed by atoms with Crippen LogP contribution in [0.25, 0.3) is 22.0 Å². The normalized spacial score (nSPS) is 16.7. The molecule has 1 aliphatic heterocycles. The van der Waals surface area contributed by atoms with Gasteiger partial charge in [-0.2, -0.15) is 0 Å². The van der Waals surface area contributed by atoms with Crippen LogP contribution < -0.4 is 5.32 Å². The summed E-state index contributed by atoms with van der Waals surface area (Å²) in [6.07, 6.45) is 2.05. The maximum absolute atomic E-state index is 16.0. The summed E-state index contributed by atoms with van der Waals surface area (Å²) in [5, 5.41) is 17.4. The van der Waals surface area contributed by atoms with Gasteiger partial charge in [-0.05, 0) is 46.2 Å². The minimum absolute atomic E-state index is 0.0715. The van der Waals surface area contributed by atoms with E-state index < -0.39 is 28.7 Å². The fourth-order valence-corrected chi connectivity index (χ4v) is 3.95. The van der Waals surface area contributed by atoms with Crippen molar-refractivity contribution in [1.29, 1.82) is 0 Å². The molecule has 1 aromatic heterocycles. The van der Waals surface area contributed by atoms with E-state index in [1.807, 2.05) is 26.8 Å². The predicted molar refractivity (Wildman–Crippen MR) is 120 cm³/mol. The molecule has 1 aliphatic rings. The number of carboxylic acid groups (broad SMARTS) is 1. The van der Waals surface area contributed by atoms with Crippen LogP contribution in [0.5, 0.6) is 0 Å². The highest BCUT2D eigenvalue weighted by Crippen LogP contribution is 2.41. The Morgan fingerprint density at radius 1 is 1.25 bits per heavy atom. The first-order chi connectivity index (χ1) is 14.9. The summed E-state index contributed by atoms with van der Waals surface area (Å²) in [5.74, 6) is -2.69. The second-order valence-electron chi connectivity index (χ2n) is 9.30.